The first-order chi connectivity index (χ1) is 14.8. The number of halogens is 1. The Bertz CT molecular complexity index is 900. The van der Waals surface area contributed by atoms with E-state index in [1.54, 1.807) is 11.0 Å². The molecule has 2 aromatic rings. The Kier molecular flexibility index (Phi) is 9.38. The van der Waals surface area contributed by atoms with Crippen LogP contribution in [0.3, 0.4) is 0 Å². The third-order valence-corrected chi connectivity index (χ3v) is 5.96. The molecule has 31 heavy (non-hydrogen) atoms. The number of hydrogen-bond donors (Lipinski definition) is 1. The summed E-state index contributed by atoms with van der Waals surface area (Å²) in [6.07, 6.45) is 1.30. The molecular formula is C25H33ClN2O3. The molecule has 0 aliphatic heterocycles. The zero-order chi connectivity index (χ0) is 23.0. The molecule has 0 unspecified atom stereocenters. The van der Waals surface area contributed by atoms with Gasteiger partial charge in [-0.3, -0.25) is 9.59 Å². The predicted molar refractivity (Wildman–Crippen MR) is 125 cm³/mol. The minimum atomic E-state index is -0.611. The first-order valence-corrected chi connectivity index (χ1v) is 11.2. The first kappa shape index (κ1) is 24.7. The van der Waals surface area contributed by atoms with Crippen LogP contribution in [0.2, 0.25) is 5.02 Å². The molecule has 5 nitrogen and oxygen atoms in total. The van der Waals surface area contributed by atoms with E-state index in [4.69, 9.17) is 16.3 Å². The molecule has 0 saturated carbocycles. The number of aryl methyl sites for hydroxylation is 1. The van der Waals surface area contributed by atoms with Crippen molar-refractivity contribution >= 4 is 23.4 Å². The molecule has 0 radical (unpaired) electrons. The van der Waals surface area contributed by atoms with Crippen molar-refractivity contribution in [3.8, 4) is 5.75 Å². The molecule has 6 heteroatoms. The smallest absolute Gasteiger partial charge is 0.261 e. The summed E-state index contributed by atoms with van der Waals surface area (Å²) in [5.74, 6) is 0.249. The lowest BCUT2D eigenvalue weighted by Crippen LogP contribution is -2.51. The third kappa shape index (κ3) is 6.73. The third-order valence-electron chi connectivity index (χ3n) is 5.59. The van der Waals surface area contributed by atoms with Gasteiger partial charge in [0.1, 0.15) is 11.8 Å². The van der Waals surface area contributed by atoms with Gasteiger partial charge in [0.05, 0.1) is 0 Å². The summed E-state index contributed by atoms with van der Waals surface area (Å²) in [6.45, 7) is 9.92. The number of nitrogens with one attached hydrogen (secondary N) is 1. The Hall–Kier alpha value is -2.53. The number of carbonyl (C=O) groups is 2. The normalized spacial score (nSPS) is 12.7. The quantitative estimate of drug-likeness (QED) is 0.557. The van der Waals surface area contributed by atoms with Gasteiger partial charge in [-0.15, -0.1) is 0 Å². The molecule has 0 aromatic heterocycles. The van der Waals surface area contributed by atoms with Gasteiger partial charge in [0.25, 0.3) is 5.91 Å². The van der Waals surface area contributed by atoms with Crippen LogP contribution in [0.5, 0.6) is 5.75 Å². The monoisotopic (exact) mass is 444 g/mol. The average Bonchev–Trinajstić information content (AvgIpc) is 2.75. The van der Waals surface area contributed by atoms with Crippen molar-refractivity contribution in [2.75, 3.05) is 6.61 Å². The maximum Gasteiger partial charge on any atom is 0.261 e. The van der Waals surface area contributed by atoms with E-state index in [1.807, 2.05) is 71.0 Å². The Balaban J connectivity index is 2.26. The number of carbonyl (C=O) groups excluding carboxylic acids is 2. The highest BCUT2D eigenvalue weighted by Gasteiger charge is 2.30. The second kappa shape index (κ2) is 11.8. The molecule has 0 spiro atoms. The van der Waals surface area contributed by atoms with E-state index in [-0.39, 0.29) is 31.0 Å². The van der Waals surface area contributed by atoms with Crippen molar-refractivity contribution in [1.29, 1.82) is 0 Å². The zero-order valence-corrected chi connectivity index (χ0v) is 19.8. The van der Waals surface area contributed by atoms with E-state index < -0.39 is 6.04 Å². The van der Waals surface area contributed by atoms with E-state index in [9.17, 15) is 9.59 Å². The number of benzene rings is 2. The van der Waals surface area contributed by atoms with Crippen LogP contribution < -0.4 is 10.1 Å². The summed E-state index contributed by atoms with van der Waals surface area (Å²) in [5, 5.41) is 3.56. The maximum absolute atomic E-state index is 13.3. The number of ether oxygens (including phenoxy) is 1. The van der Waals surface area contributed by atoms with Crippen LogP contribution in [0.25, 0.3) is 0 Å². The van der Waals surface area contributed by atoms with E-state index in [1.165, 1.54) is 0 Å². The molecule has 0 aliphatic carbocycles. The highest BCUT2D eigenvalue weighted by molar-refractivity contribution is 6.31. The van der Waals surface area contributed by atoms with Crippen LogP contribution >= 0.6 is 11.6 Å². The van der Waals surface area contributed by atoms with Crippen molar-refractivity contribution in [1.82, 2.24) is 10.2 Å². The van der Waals surface area contributed by atoms with Gasteiger partial charge in [0.2, 0.25) is 5.91 Å². The van der Waals surface area contributed by atoms with Gasteiger partial charge < -0.3 is 15.0 Å². The molecule has 1 N–H and O–H groups in total. The van der Waals surface area contributed by atoms with Gasteiger partial charge in [-0.1, -0.05) is 55.8 Å². The van der Waals surface area contributed by atoms with E-state index in [2.05, 4.69) is 5.32 Å². The van der Waals surface area contributed by atoms with Gasteiger partial charge in [0.15, 0.2) is 6.61 Å². The lowest BCUT2D eigenvalue weighted by Gasteiger charge is -2.31. The fourth-order valence-corrected chi connectivity index (χ4v) is 3.47. The fourth-order valence-electron chi connectivity index (χ4n) is 3.27. The number of nitrogens with zero attached hydrogens (tertiary/aromatic N) is 1. The second-order valence-corrected chi connectivity index (χ2v) is 8.25. The molecule has 2 amide bonds. The predicted octanol–water partition coefficient (Wildman–Crippen LogP) is 5.06. The number of rotatable bonds is 10. The summed E-state index contributed by atoms with van der Waals surface area (Å²) in [4.78, 5) is 27.8. The topological polar surface area (TPSA) is 58.6 Å². The minimum absolute atomic E-state index is 0.0324. The molecule has 0 fully saturated rings. The van der Waals surface area contributed by atoms with Gasteiger partial charge in [0, 0.05) is 17.6 Å². The molecule has 2 rings (SSSR count). The summed E-state index contributed by atoms with van der Waals surface area (Å²) in [7, 11) is 0. The highest BCUT2D eigenvalue weighted by Crippen LogP contribution is 2.22. The van der Waals surface area contributed by atoms with Crippen LogP contribution in [0.1, 0.15) is 50.3 Å². The lowest BCUT2D eigenvalue weighted by molar-refractivity contribution is -0.143. The molecule has 0 bridgehead atoms. The summed E-state index contributed by atoms with van der Waals surface area (Å²) in [5.41, 5.74) is 2.88. The van der Waals surface area contributed by atoms with Crippen LogP contribution in [-0.2, 0) is 16.1 Å². The second-order valence-electron chi connectivity index (χ2n) is 7.84. The SMILES string of the molecule is CC[C@H](C(=O)N[C@@H](C)CC)N(Cc1ccccc1Cl)C(=O)COc1cccc(C)c1C. The van der Waals surface area contributed by atoms with Crippen molar-refractivity contribution in [3.63, 3.8) is 0 Å². The number of hydrogen-bond acceptors (Lipinski definition) is 3. The summed E-state index contributed by atoms with van der Waals surface area (Å²) >= 11 is 6.35. The van der Waals surface area contributed by atoms with Crippen LogP contribution in [0.4, 0.5) is 0 Å². The van der Waals surface area contributed by atoms with E-state index >= 15 is 0 Å². The standard InChI is InChI=1S/C25H33ClN2O3/c1-6-18(4)27-25(30)22(7-2)28(15-20-12-8-9-13-21(20)26)24(29)16-31-23-14-10-11-17(3)19(23)5/h8-14,18,22H,6-7,15-16H2,1-5H3,(H,27,30)/t18-,22+/m0/s1. The molecule has 0 aliphatic rings. The van der Waals surface area contributed by atoms with Crippen LogP contribution in [0, 0.1) is 13.8 Å². The Morgan fingerprint density at radius 1 is 1.06 bits per heavy atom. The van der Waals surface area contributed by atoms with Gasteiger partial charge in [-0.25, -0.2) is 0 Å². The molecule has 168 valence electrons. The first-order valence-electron chi connectivity index (χ1n) is 10.8. The van der Waals surface area contributed by atoms with Crippen LogP contribution in [0.15, 0.2) is 42.5 Å². The number of amides is 2. The summed E-state index contributed by atoms with van der Waals surface area (Å²) < 4.78 is 5.85. The summed E-state index contributed by atoms with van der Waals surface area (Å²) in [6, 6.07) is 12.5. The molecule has 2 aromatic carbocycles. The molecule has 2 atom stereocenters. The zero-order valence-electron chi connectivity index (χ0n) is 19.1. The Morgan fingerprint density at radius 3 is 2.42 bits per heavy atom. The lowest BCUT2D eigenvalue weighted by atomic mass is 10.1. The largest absolute Gasteiger partial charge is 0.483 e. The van der Waals surface area contributed by atoms with Crippen LogP contribution in [-0.4, -0.2) is 35.4 Å². The van der Waals surface area contributed by atoms with Gasteiger partial charge in [-0.2, -0.15) is 0 Å². The van der Waals surface area contributed by atoms with Gasteiger partial charge in [-0.05, 0) is 62.4 Å². The maximum atomic E-state index is 13.3. The fraction of sp³-hybridized carbons (Fsp3) is 0.440. The minimum Gasteiger partial charge on any atom is -0.483 e. The van der Waals surface area contributed by atoms with Crippen molar-refractivity contribution in [3.05, 3.63) is 64.2 Å². The molecule has 0 heterocycles. The van der Waals surface area contributed by atoms with Crippen molar-refractivity contribution in [2.24, 2.45) is 0 Å². The highest BCUT2D eigenvalue weighted by atomic mass is 35.5. The molecule has 0 saturated heterocycles. The average molecular weight is 445 g/mol. The van der Waals surface area contributed by atoms with Gasteiger partial charge >= 0.3 is 0 Å². The van der Waals surface area contributed by atoms with E-state index in [0.717, 1.165) is 23.1 Å². The van der Waals surface area contributed by atoms with Crippen molar-refractivity contribution < 1.29 is 14.3 Å². The van der Waals surface area contributed by atoms with Crippen molar-refractivity contribution in [2.45, 2.75) is 66.1 Å². The van der Waals surface area contributed by atoms with E-state index in [0.29, 0.717) is 17.2 Å². The molecular weight excluding hydrogens is 412 g/mol. The Labute approximate surface area is 190 Å². The Morgan fingerprint density at radius 2 is 1.77 bits per heavy atom.